The number of hydrogen-bond acceptors (Lipinski definition) is 3. The zero-order chi connectivity index (χ0) is 13.5. The molecule has 0 spiro atoms. The molecule has 1 N–H and O–H groups in total. The third kappa shape index (κ3) is 4.33. The molecule has 1 fully saturated rings. The molecule has 4 heteroatoms. The van der Waals surface area contributed by atoms with Crippen LogP contribution in [0.25, 0.3) is 0 Å². The topological polar surface area (TPSA) is 41.6 Å². The Bertz CT molecular complexity index is 394. The van der Waals surface area contributed by atoms with E-state index in [-0.39, 0.29) is 11.8 Å². The highest BCUT2D eigenvalue weighted by molar-refractivity contribution is 5.92. The van der Waals surface area contributed by atoms with Crippen LogP contribution in [-0.2, 0) is 9.53 Å². The van der Waals surface area contributed by atoms with Crippen molar-refractivity contribution in [2.75, 3.05) is 38.7 Å². The number of likely N-dealkylation sites (tertiary alicyclic amines) is 1. The number of amides is 1. The maximum Gasteiger partial charge on any atom is 0.228 e. The zero-order valence-electron chi connectivity index (χ0n) is 11.5. The van der Waals surface area contributed by atoms with Crippen molar-refractivity contribution in [1.82, 2.24) is 4.90 Å². The standard InChI is InChI=1S/C15H22N2O2/c1-19-11-10-17-9-5-6-13(12-17)15(18)16-14-7-3-2-4-8-14/h2-4,7-8,13H,5-6,9-12H2,1H3,(H,16,18)/t13-/m0/s1. The van der Waals surface area contributed by atoms with Gasteiger partial charge in [0.15, 0.2) is 0 Å². The zero-order valence-corrected chi connectivity index (χ0v) is 11.5. The molecule has 104 valence electrons. The molecular formula is C15H22N2O2. The van der Waals surface area contributed by atoms with E-state index in [4.69, 9.17) is 4.74 Å². The summed E-state index contributed by atoms with van der Waals surface area (Å²) in [6, 6.07) is 9.65. The van der Waals surface area contributed by atoms with E-state index in [0.29, 0.717) is 0 Å². The molecule has 1 heterocycles. The molecule has 0 unspecified atom stereocenters. The Balaban J connectivity index is 1.85. The highest BCUT2D eigenvalue weighted by Crippen LogP contribution is 2.18. The van der Waals surface area contributed by atoms with Crippen molar-refractivity contribution < 1.29 is 9.53 Å². The number of nitrogens with one attached hydrogen (secondary N) is 1. The van der Waals surface area contributed by atoms with Crippen LogP contribution in [0, 0.1) is 5.92 Å². The minimum atomic E-state index is 0.0887. The first-order valence-corrected chi connectivity index (χ1v) is 6.87. The van der Waals surface area contributed by atoms with E-state index in [2.05, 4.69) is 10.2 Å². The minimum absolute atomic E-state index is 0.0887. The van der Waals surface area contributed by atoms with Gasteiger partial charge in [0.1, 0.15) is 0 Å². The normalized spacial score (nSPS) is 20.2. The third-order valence-corrected chi connectivity index (χ3v) is 3.53. The summed E-state index contributed by atoms with van der Waals surface area (Å²) >= 11 is 0. The molecule has 4 nitrogen and oxygen atoms in total. The van der Waals surface area contributed by atoms with Gasteiger partial charge in [0.25, 0.3) is 0 Å². The van der Waals surface area contributed by atoms with Crippen LogP contribution >= 0.6 is 0 Å². The van der Waals surface area contributed by atoms with E-state index >= 15 is 0 Å². The molecule has 1 aliphatic heterocycles. The Labute approximate surface area is 114 Å². The molecule has 1 aromatic carbocycles. The fraction of sp³-hybridized carbons (Fsp3) is 0.533. The fourth-order valence-electron chi connectivity index (χ4n) is 2.46. The summed E-state index contributed by atoms with van der Waals surface area (Å²) in [5.74, 6) is 0.221. The van der Waals surface area contributed by atoms with Gasteiger partial charge in [-0.25, -0.2) is 0 Å². The van der Waals surface area contributed by atoms with Gasteiger partial charge in [0.2, 0.25) is 5.91 Å². The third-order valence-electron chi connectivity index (χ3n) is 3.53. The van der Waals surface area contributed by atoms with Gasteiger partial charge in [-0.2, -0.15) is 0 Å². The van der Waals surface area contributed by atoms with Crippen LogP contribution in [0.3, 0.4) is 0 Å². The number of para-hydroxylation sites is 1. The van der Waals surface area contributed by atoms with Crippen LogP contribution < -0.4 is 5.32 Å². The minimum Gasteiger partial charge on any atom is -0.383 e. The smallest absolute Gasteiger partial charge is 0.228 e. The number of carbonyl (C=O) groups is 1. The molecule has 1 aliphatic rings. The van der Waals surface area contributed by atoms with Crippen LogP contribution in [0.5, 0.6) is 0 Å². The van der Waals surface area contributed by atoms with Crippen molar-refractivity contribution in [3.63, 3.8) is 0 Å². The number of hydrogen-bond donors (Lipinski definition) is 1. The Morgan fingerprint density at radius 3 is 2.95 bits per heavy atom. The number of benzene rings is 1. The molecule has 1 amide bonds. The second-order valence-corrected chi connectivity index (χ2v) is 4.99. The van der Waals surface area contributed by atoms with Crippen LogP contribution in [0.4, 0.5) is 5.69 Å². The monoisotopic (exact) mass is 262 g/mol. The second-order valence-electron chi connectivity index (χ2n) is 4.99. The van der Waals surface area contributed by atoms with E-state index in [1.807, 2.05) is 30.3 Å². The number of methoxy groups -OCH3 is 1. The summed E-state index contributed by atoms with van der Waals surface area (Å²) in [6.07, 6.45) is 2.05. The van der Waals surface area contributed by atoms with Gasteiger partial charge in [-0.1, -0.05) is 18.2 Å². The molecular weight excluding hydrogens is 240 g/mol. The highest BCUT2D eigenvalue weighted by Gasteiger charge is 2.25. The number of carbonyl (C=O) groups excluding carboxylic acids is 1. The van der Waals surface area contributed by atoms with Crippen molar-refractivity contribution in [2.45, 2.75) is 12.8 Å². The SMILES string of the molecule is COCCN1CCC[C@H](C(=O)Nc2ccccc2)C1. The van der Waals surface area contributed by atoms with Gasteiger partial charge in [0, 0.05) is 25.9 Å². The van der Waals surface area contributed by atoms with Gasteiger partial charge in [-0.15, -0.1) is 0 Å². The molecule has 1 aromatic rings. The molecule has 1 saturated heterocycles. The molecule has 0 radical (unpaired) electrons. The van der Waals surface area contributed by atoms with Crippen molar-refractivity contribution in [3.8, 4) is 0 Å². The molecule has 0 aliphatic carbocycles. The largest absolute Gasteiger partial charge is 0.383 e. The summed E-state index contributed by atoms with van der Waals surface area (Å²) in [4.78, 5) is 14.5. The Hall–Kier alpha value is -1.39. The van der Waals surface area contributed by atoms with Crippen molar-refractivity contribution >= 4 is 11.6 Å². The number of ether oxygens (including phenoxy) is 1. The van der Waals surface area contributed by atoms with E-state index in [0.717, 1.165) is 44.8 Å². The number of piperidine rings is 1. The summed E-state index contributed by atoms with van der Waals surface area (Å²) < 4.78 is 5.09. The van der Waals surface area contributed by atoms with Crippen molar-refractivity contribution in [1.29, 1.82) is 0 Å². The Kier molecular flexibility index (Phi) is 5.36. The first-order chi connectivity index (χ1) is 9.29. The van der Waals surface area contributed by atoms with Gasteiger partial charge in [-0.05, 0) is 31.5 Å². The lowest BCUT2D eigenvalue weighted by Crippen LogP contribution is -2.41. The first kappa shape index (κ1) is 14.0. The molecule has 0 saturated carbocycles. The Morgan fingerprint density at radius 1 is 1.42 bits per heavy atom. The van der Waals surface area contributed by atoms with Crippen LogP contribution in [-0.4, -0.2) is 44.2 Å². The van der Waals surface area contributed by atoms with Gasteiger partial charge < -0.3 is 15.0 Å². The first-order valence-electron chi connectivity index (χ1n) is 6.87. The van der Waals surface area contributed by atoms with Crippen LogP contribution in [0.2, 0.25) is 0 Å². The average Bonchev–Trinajstić information content (AvgIpc) is 2.46. The average molecular weight is 262 g/mol. The summed E-state index contributed by atoms with van der Waals surface area (Å²) in [5.41, 5.74) is 0.876. The predicted molar refractivity (Wildman–Crippen MR) is 76.1 cm³/mol. The summed E-state index contributed by atoms with van der Waals surface area (Å²) in [6.45, 7) is 3.54. The van der Waals surface area contributed by atoms with Crippen molar-refractivity contribution in [2.24, 2.45) is 5.92 Å². The van der Waals surface area contributed by atoms with Gasteiger partial charge in [-0.3, -0.25) is 4.79 Å². The van der Waals surface area contributed by atoms with Crippen molar-refractivity contribution in [3.05, 3.63) is 30.3 Å². The predicted octanol–water partition coefficient (Wildman–Crippen LogP) is 1.98. The van der Waals surface area contributed by atoms with Crippen LogP contribution in [0.15, 0.2) is 30.3 Å². The highest BCUT2D eigenvalue weighted by atomic mass is 16.5. The van der Waals surface area contributed by atoms with Gasteiger partial charge in [0.05, 0.1) is 12.5 Å². The summed E-state index contributed by atoms with van der Waals surface area (Å²) in [7, 11) is 1.71. The van der Waals surface area contributed by atoms with E-state index in [1.54, 1.807) is 7.11 Å². The maximum absolute atomic E-state index is 12.2. The lowest BCUT2D eigenvalue weighted by atomic mass is 9.97. The second kappa shape index (κ2) is 7.26. The van der Waals surface area contributed by atoms with E-state index in [9.17, 15) is 4.79 Å². The Morgan fingerprint density at radius 2 is 2.21 bits per heavy atom. The fourth-order valence-corrected chi connectivity index (χ4v) is 2.46. The number of anilines is 1. The van der Waals surface area contributed by atoms with E-state index < -0.39 is 0 Å². The molecule has 0 aromatic heterocycles. The maximum atomic E-state index is 12.2. The van der Waals surface area contributed by atoms with Crippen LogP contribution in [0.1, 0.15) is 12.8 Å². The van der Waals surface area contributed by atoms with Gasteiger partial charge >= 0.3 is 0 Å². The summed E-state index contributed by atoms with van der Waals surface area (Å²) in [5, 5.41) is 2.99. The number of nitrogens with zero attached hydrogens (tertiary/aromatic N) is 1. The molecule has 2 rings (SSSR count). The molecule has 1 atom stereocenters. The lowest BCUT2D eigenvalue weighted by molar-refractivity contribution is -0.121. The lowest BCUT2D eigenvalue weighted by Gasteiger charge is -2.31. The molecule has 0 bridgehead atoms. The number of rotatable bonds is 5. The van der Waals surface area contributed by atoms with E-state index in [1.165, 1.54) is 0 Å². The molecule has 19 heavy (non-hydrogen) atoms. The quantitative estimate of drug-likeness (QED) is 0.882.